The van der Waals surface area contributed by atoms with Crippen LogP contribution in [0.1, 0.15) is 26.2 Å². The number of unbranched alkanes of at least 4 members (excludes halogenated alkanes) is 2. The maximum atomic E-state index is 11.5. The van der Waals surface area contributed by atoms with Crippen molar-refractivity contribution in [3.8, 4) is 0 Å². The molecule has 24 heavy (non-hydrogen) atoms. The number of carboxylic acid groups (broad SMARTS) is 2. The Hall–Kier alpha value is -2.24. The molecule has 4 atom stereocenters. The lowest BCUT2D eigenvalue weighted by atomic mass is 10.2. The number of carbonyl (C=O) groups is 4. The van der Waals surface area contributed by atoms with E-state index in [2.05, 4.69) is 9.47 Å². The van der Waals surface area contributed by atoms with E-state index in [0.717, 1.165) is 12.8 Å². The highest BCUT2D eigenvalue weighted by Crippen LogP contribution is 2.07. The molecule has 0 aromatic carbocycles. The van der Waals surface area contributed by atoms with Crippen LogP contribution in [0.4, 0.5) is 0 Å². The van der Waals surface area contributed by atoms with Gasteiger partial charge < -0.3 is 35.0 Å². The molecule has 0 heterocycles. The summed E-state index contributed by atoms with van der Waals surface area (Å²) in [5.41, 5.74) is 0. The number of hydrogen-bond donors (Lipinski definition) is 5. The molecule has 0 aromatic rings. The molecule has 0 aliphatic carbocycles. The van der Waals surface area contributed by atoms with Crippen LogP contribution in [0.25, 0.3) is 0 Å². The van der Waals surface area contributed by atoms with Gasteiger partial charge in [0.25, 0.3) is 0 Å². The molecular weight excluding hydrogens is 332 g/mol. The summed E-state index contributed by atoms with van der Waals surface area (Å²) in [4.78, 5) is 44.2. The SMILES string of the molecule is CCCCCOC(=O)C(O)C(O)C(=O)OC(C(=O)O)C(O)C(=O)O. The van der Waals surface area contributed by atoms with E-state index >= 15 is 0 Å². The van der Waals surface area contributed by atoms with Gasteiger partial charge in [-0.25, -0.2) is 19.2 Å². The number of carboxylic acids is 2. The molecule has 0 aliphatic rings. The summed E-state index contributed by atoms with van der Waals surface area (Å²) in [5.74, 6) is -7.12. The van der Waals surface area contributed by atoms with Crippen LogP contribution in [0.5, 0.6) is 0 Å². The van der Waals surface area contributed by atoms with Crippen LogP contribution in [0.2, 0.25) is 0 Å². The molecule has 11 nitrogen and oxygen atoms in total. The van der Waals surface area contributed by atoms with E-state index in [1.54, 1.807) is 0 Å². The molecule has 0 amide bonds. The van der Waals surface area contributed by atoms with Gasteiger partial charge in [0.1, 0.15) is 0 Å². The van der Waals surface area contributed by atoms with Crippen molar-refractivity contribution >= 4 is 23.9 Å². The first-order valence-corrected chi connectivity index (χ1v) is 7.00. The summed E-state index contributed by atoms with van der Waals surface area (Å²) in [7, 11) is 0. The molecule has 0 saturated heterocycles. The average Bonchev–Trinajstić information content (AvgIpc) is 2.53. The van der Waals surface area contributed by atoms with Gasteiger partial charge in [-0.2, -0.15) is 0 Å². The Kier molecular flexibility index (Phi) is 9.54. The smallest absolute Gasteiger partial charge is 0.348 e. The molecular formula is C13H20O11. The summed E-state index contributed by atoms with van der Waals surface area (Å²) in [5, 5.41) is 45.2. The van der Waals surface area contributed by atoms with Crippen molar-refractivity contribution in [2.45, 2.75) is 50.6 Å². The number of esters is 2. The van der Waals surface area contributed by atoms with E-state index in [1.165, 1.54) is 0 Å². The average molecular weight is 352 g/mol. The Morgan fingerprint density at radius 2 is 1.38 bits per heavy atom. The summed E-state index contributed by atoms with van der Waals surface area (Å²) in [6.45, 7) is 1.85. The molecule has 5 N–H and O–H groups in total. The van der Waals surface area contributed by atoms with Crippen molar-refractivity contribution in [1.82, 2.24) is 0 Å². The fraction of sp³-hybridized carbons (Fsp3) is 0.692. The first-order valence-electron chi connectivity index (χ1n) is 7.00. The predicted octanol–water partition coefficient (Wildman–Crippen LogP) is -2.12. The largest absolute Gasteiger partial charge is 0.479 e. The van der Waals surface area contributed by atoms with E-state index in [-0.39, 0.29) is 6.61 Å². The minimum Gasteiger partial charge on any atom is -0.479 e. The second kappa shape index (κ2) is 10.5. The molecule has 0 fully saturated rings. The summed E-state index contributed by atoms with van der Waals surface area (Å²) >= 11 is 0. The third-order valence-corrected chi connectivity index (χ3v) is 2.80. The van der Waals surface area contributed by atoms with Crippen molar-refractivity contribution < 1.29 is 54.2 Å². The van der Waals surface area contributed by atoms with Crippen molar-refractivity contribution in [2.75, 3.05) is 6.61 Å². The van der Waals surface area contributed by atoms with E-state index in [9.17, 15) is 29.4 Å². The Morgan fingerprint density at radius 1 is 0.833 bits per heavy atom. The zero-order chi connectivity index (χ0) is 18.9. The van der Waals surface area contributed by atoms with Gasteiger partial charge in [-0.1, -0.05) is 19.8 Å². The van der Waals surface area contributed by atoms with Gasteiger partial charge in [-0.15, -0.1) is 0 Å². The monoisotopic (exact) mass is 352 g/mol. The van der Waals surface area contributed by atoms with E-state index < -0.39 is 48.3 Å². The predicted molar refractivity (Wildman–Crippen MR) is 73.7 cm³/mol. The van der Waals surface area contributed by atoms with Gasteiger partial charge in [0, 0.05) is 0 Å². The van der Waals surface area contributed by atoms with Crippen molar-refractivity contribution in [2.24, 2.45) is 0 Å². The number of carbonyl (C=O) groups excluding carboxylic acids is 2. The molecule has 0 radical (unpaired) electrons. The molecule has 0 rings (SSSR count). The van der Waals surface area contributed by atoms with E-state index in [1.807, 2.05) is 6.92 Å². The van der Waals surface area contributed by atoms with Crippen LogP contribution in [0.3, 0.4) is 0 Å². The maximum Gasteiger partial charge on any atom is 0.348 e. The zero-order valence-corrected chi connectivity index (χ0v) is 12.8. The number of aliphatic carboxylic acids is 2. The second-order valence-corrected chi connectivity index (χ2v) is 4.74. The van der Waals surface area contributed by atoms with Crippen molar-refractivity contribution in [1.29, 1.82) is 0 Å². The Labute approximate surface area is 136 Å². The quantitative estimate of drug-likeness (QED) is 0.202. The number of aliphatic hydroxyl groups is 3. The zero-order valence-electron chi connectivity index (χ0n) is 12.8. The van der Waals surface area contributed by atoms with Crippen LogP contribution in [-0.4, -0.2) is 80.4 Å². The van der Waals surface area contributed by atoms with Gasteiger partial charge in [-0.3, -0.25) is 0 Å². The fourth-order valence-electron chi connectivity index (χ4n) is 1.44. The van der Waals surface area contributed by atoms with E-state index in [0.29, 0.717) is 6.42 Å². The minimum absolute atomic E-state index is 0.0546. The number of hydrogen-bond acceptors (Lipinski definition) is 9. The lowest BCUT2D eigenvalue weighted by Crippen LogP contribution is -2.48. The minimum atomic E-state index is -2.60. The summed E-state index contributed by atoms with van der Waals surface area (Å²) in [6, 6.07) is 0. The lowest BCUT2D eigenvalue weighted by molar-refractivity contribution is -0.189. The van der Waals surface area contributed by atoms with Crippen LogP contribution < -0.4 is 0 Å². The lowest BCUT2D eigenvalue weighted by Gasteiger charge is -2.20. The summed E-state index contributed by atoms with van der Waals surface area (Å²) < 4.78 is 8.72. The van der Waals surface area contributed by atoms with Crippen molar-refractivity contribution in [3.05, 3.63) is 0 Å². The van der Waals surface area contributed by atoms with Gasteiger partial charge in [0.2, 0.25) is 6.10 Å². The first kappa shape index (κ1) is 21.8. The molecule has 0 saturated carbocycles. The third kappa shape index (κ3) is 6.89. The highest BCUT2D eigenvalue weighted by Gasteiger charge is 2.40. The fourth-order valence-corrected chi connectivity index (χ4v) is 1.44. The Morgan fingerprint density at radius 3 is 1.83 bits per heavy atom. The van der Waals surface area contributed by atoms with Gasteiger partial charge in [-0.05, 0) is 6.42 Å². The van der Waals surface area contributed by atoms with Gasteiger partial charge in [0.05, 0.1) is 6.61 Å². The highest BCUT2D eigenvalue weighted by molar-refractivity contribution is 5.89. The third-order valence-electron chi connectivity index (χ3n) is 2.80. The molecule has 0 aromatic heterocycles. The van der Waals surface area contributed by atoms with Gasteiger partial charge >= 0.3 is 23.9 Å². The second-order valence-electron chi connectivity index (χ2n) is 4.74. The highest BCUT2D eigenvalue weighted by atomic mass is 16.6. The summed E-state index contributed by atoms with van der Waals surface area (Å²) in [6.07, 6.45) is -7.89. The first-order chi connectivity index (χ1) is 11.1. The van der Waals surface area contributed by atoms with Crippen molar-refractivity contribution in [3.63, 3.8) is 0 Å². The molecule has 138 valence electrons. The molecule has 0 spiro atoms. The standard InChI is InChI=1S/C13H20O11/c1-2-3-4-5-23-12(21)6(14)7(15)13(22)24-9(11(19)20)8(16)10(17)18/h6-9,14-16H,2-5H2,1H3,(H,17,18)(H,19,20). The van der Waals surface area contributed by atoms with Gasteiger partial charge in [0.15, 0.2) is 18.3 Å². The van der Waals surface area contributed by atoms with Crippen LogP contribution in [-0.2, 0) is 28.7 Å². The van der Waals surface area contributed by atoms with Crippen LogP contribution in [0, 0.1) is 0 Å². The van der Waals surface area contributed by atoms with E-state index in [4.69, 9.17) is 15.3 Å². The molecule has 0 bridgehead atoms. The normalized spacial score (nSPS) is 15.7. The maximum absolute atomic E-state index is 11.5. The number of ether oxygens (including phenoxy) is 2. The van der Waals surface area contributed by atoms with Crippen LogP contribution in [0.15, 0.2) is 0 Å². The Balaban J connectivity index is 4.69. The molecule has 4 unspecified atom stereocenters. The van der Waals surface area contributed by atoms with Crippen LogP contribution >= 0.6 is 0 Å². The number of rotatable bonds is 11. The topological polar surface area (TPSA) is 188 Å². The number of aliphatic hydroxyl groups excluding tert-OH is 3. The Bertz CT molecular complexity index is 461. The molecule has 11 heteroatoms. The molecule has 0 aliphatic heterocycles.